The summed E-state index contributed by atoms with van der Waals surface area (Å²) in [6, 6.07) is 0. The van der Waals surface area contributed by atoms with Gasteiger partial charge in [-0.25, -0.2) is 0 Å². The van der Waals surface area contributed by atoms with Gasteiger partial charge in [0.2, 0.25) is 0 Å². The van der Waals surface area contributed by atoms with Gasteiger partial charge in [-0.3, -0.25) is 4.55 Å². The summed E-state index contributed by atoms with van der Waals surface area (Å²) in [7, 11) is -6.85. The molecule has 0 aromatic carbocycles. The van der Waals surface area contributed by atoms with Gasteiger partial charge in [-0.1, -0.05) is 0 Å². The van der Waals surface area contributed by atoms with Gasteiger partial charge in [-0.15, -0.1) is 0 Å². The van der Waals surface area contributed by atoms with E-state index >= 15 is 0 Å². The highest BCUT2D eigenvalue weighted by molar-refractivity contribution is 7.87. The summed E-state index contributed by atoms with van der Waals surface area (Å²) in [6.07, 6.45) is -6.79. The monoisotopic (exact) mass is 280 g/mol. The summed E-state index contributed by atoms with van der Waals surface area (Å²) in [5.41, 5.74) is 0. The van der Waals surface area contributed by atoms with E-state index in [2.05, 4.69) is 0 Å². The third-order valence-corrected chi connectivity index (χ3v) is 1.95. The molecule has 3 nitrogen and oxygen atoms in total. The van der Waals surface area contributed by atoms with Crippen LogP contribution in [-0.2, 0) is 10.1 Å². The number of rotatable bonds is 2. The Labute approximate surface area is 89.1 Å². The SMILES string of the molecule is O=S(=O)(O)C(F)(F)C(F)(F)C(F)(F)F.[AlH3]. The minimum Gasteiger partial charge on any atom is -0.281 e. The molecule has 0 bridgehead atoms. The smallest absolute Gasteiger partial charge is 0.281 e. The van der Waals surface area contributed by atoms with Gasteiger partial charge in [0.25, 0.3) is 0 Å². The van der Waals surface area contributed by atoms with Crippen LogP contribution in [0, 0.1) is 0 Å². The Morgan fingerprint density at radius 2 is 1.13 bits per heavy atom. The highest BCUT2D eigenvalue weighted by Crippen LogP contribution is 2.48. The van der Waals surface area contributed by atoms with Gasteiger partial charge >= 0.3 is 27.5 Å². The Bertz CT molecular complexity index is 319. The van der Waals surface area contributed by atoms with E-state index in [9.17, 15) is 39.2 Å². The summed E-state index contributed by atoms with van der Waals surface area (Å²) >= 11 is 0. The zero-order valence-electron chi connectivity index (χ0n) is 5.82. The molecular weight excluding hydrogens is 276 g/mol. The van der Waals surface area contributed by atoms with Crippen molar-refractivity contribution in [2.24, 2.45) is 0 Å². The lowest BCUT2D eigenvalue weighted by atomic mass is 10.3. The molecule has 0 aromatic rings. The molecule has 0 atom stereocenters. The second kappa shape index (κ2) is 4.08. The molecule has 0 saturated carbocycles. The van der Waals surface area contributed by atoms with Gasteiger partial charge in [-0.2, -0.15) is 39.2 Å². The van der Waals surface area contributed by atoms with Crippen LogP contribution in [0.15, 0.2) is 0 Å². The first kappa shape index (κ1) is 17.4. The lowest BCUT2D eigenvalue weighted by Gasteiger charge is -2.25. The van der Waals surface area contributed by atoms with Gasteiger partial charge < -0.3 is 0 Å². The quantitative estimate of drug-likeness (QED) is 0.455. The van der Waals surface area contributed by atoms with Crippen LogP contribution in [0.25, 0.3) is 0 Å². The Morgan fingerprint density at radius 3 is 1.20 bits per heavy atom. The van der Waals surface area contributed by atoms with Crippen molar-refractivity contribution in [3.8, 4) is 0 Å². The fourth-order valence-corrected chi connectivity index (χ4v) is 0.767. The molecule has 0 radical (unpaired) electrons. The van der Waals surface area contributed by atoms with Gasteiger partial charge in [0.1, 0.15) is 0 Å². The summed E-state index contributed by atoms with van der Waals surface area (Å²) < 4.78 is 108. The predicted molar refractivity (Wildman–Crippen MR) is 37.4 cm³/mol. The van der Waals surface area contributed by atoms with E-state index < -0.39 is 27.5 Å². The molecule has 0 aliphatic carbocycles. The van der Waals surface area contributed by atoms with Crippen LogP contribution in [0.3, 0.4) is 0 Å². The van der Waals surface area contributed by atoms with E-state index in [1.807, 2.05) is 0 Å². The lowest BCUT2D eigenvalue weighted by Crippen LogP contribution is -2.55. The molecule has 0 aromatic heterocycles. The highest BCUT2D eigenvalue weighted by atomic mass is 32.2. The topological polar surface area (TPSA) is 54.4 Å². The number of alkyl halides is 7. The van der Waals surface area contributed by atoms with Crippen molar-refractivity contribution in [1.29, 1.82) is 0 Å². The average Bonchev–Trinajstić information content (AvgIpc) is 1.81. The second-order valence-electron chi connectivity index (χ2n) is 2.06. The fourth-order valence-electron chi connectivity index (χ4n) is 0.327. The van der Waals surface area contributed by atoms with Crippen molar-refractivity contribution in [3.63, 3.8) is 0 Å². The molecule has 92 valence electrons. The minimum atomic E-state index is -6.85. The molecule has 15 heavy (non-hydrogen) atoms. The zero-order chi connectivity index (χ0) is 12.0. The van der Waals surface area contributed by atoms with Crippen LogP contribution in [0.2, 0.25) is 0 Å². The van der Waals surface area contributed by atoms with Crippen LogP contribution < -0.4 is 0 Å². The first-order valence-electron chi connectivity index (χ1n) is 2.54. The number of halogens is 7. The van der Waals surface area contributed by atoms with E-state index in [-0.39, 0.29) is 17.4 Å². The molecule has 0 saturated heterocycles. The highest BCUT2D eigenvalue weighted by Gasteiger charge is 2.78. The minimum absolute atomic E-state index is 0. The molecule has 0 unspecified atom stereocenters. The largest absolute Gasteiger partial charge is 0.461 e. The van der Waals surface area contributed by atoms with Gasteiger partial charge in [0.05, 0.1) is 0 Å². The molecule has 0 aliphatic heterocycles. The molecular formula is C3H4AlF7O3S. The average molecular weight is 280 g/mol. The van der Waals surface area contributed by atoms with E-state index in [1.54, 1.807) is 0 Å². The lowest BCUT2D eigenvalue weighted by molar-refractivity contribution is -0.333. The molecule has 0 aliphatic rings. The Morgan fingerprint density at radius 1 is 0.867 bits per heavy atom. The predicted octanol–water partition coefficient (Wildman–Crippen LogP) is 0.481. The standard InChI is InChI=1S/C3HF7O3S.Al.3H/c4-1(5,2(6,7)8)3(9,10)14(11,12)13;;;;/h(H,11,12,13);;;;. The Hall–Kier alpha value is -0.0475. The third-order valence-electron chi connectivity index (χ3n) is 1.05. The van der Waals surface area contributed by atoms with Crippen LogP contribution >= 0.6 is 0 Å². The third kappa shape index (κ3) is 2.74. The van der Waals surface area contributed by atoms with Crippen molar-refractivity contribution in [3.05, 3.63) is 0 Å². The van der Waals surface area contributed by atoms with Crippen molar-refractivity contribution < 1.29 is 43.7 Å². The van der Waals surface area contributed by atoms with Gasteiger partial charge in [-0.05, 0) is 0 Å². The maximum atomic E-state index is 11.9. The van der Waals surface area contributed by atoms with E-state index in [0.29, 0.717) is 0 Å². The van der Waals surface area contributed by atoms with Crippen LogP contribution in [0.4, 0.5) is 30.7 Å². The Balaban J connectivity index is 0. The Kier molecular flexibility index (Phi) is 4.72. The zero-order valence-corrected chi connectivity index (χ0v) is 6.63. The first-order valence-corrected chi connectivity index (χ1v) is 3.98. The van der Waals surface area contributed by atoms with Crippen LogP contribution in [0.5, 0.6) is 0 Å². The van der Waals surface area contributed by atoms with Crippen molar-refractivity contribution in [2.75, 3.05) is 0 Å². The number of hydrogen-bond acceptors (Lipinski definition) is 2. The van der Waals surface area contributed by atoms with E-state index in [0.717, 1.165) is 0 Å². The fraction of sp³-hybridized carbons (Fsp3) is 1.00. The normalized spacial score (nSPS) is 14.7. The van der Waals surface area contributed by atoms with Crippen LogP contribution in [0.1, 0.15) is 0 Å². The molecule has 0 rings (SSSR count). The summed E-state index contributed by atoms with van der Waals surface area (Å²) in [6.45, 7) is 0. The summed E-state index contributed by atoms with van der Waals surface area (Å²) in [5, 5.41) is -6.61. The van der Waals surface area contributed by atoms with Gasteiger partial charge in [0, 0.05) is 0 Å². The maximum absolute atomic E-state index is 11.9. The maximum Gasteiger partial charge on any atom is 0.461 e. The van der Waals surface area contributed by atoms with Crippen molar-refractivity contribution in [1.82, 2.24) is 0 Å². The van der Waals surface area contributed by atoms with E-state index in [1.165, 1.54) is 0 Å². The molecule has 1 N–H and O–H groups in total. The number of hydrogen-bond donors (Lipinski definition) is 1. The summed E-state index contributed by atoms with van der Waals surface area (Å²) in [4.78, 5) is 0. The molecule has 0 heterocycles. The van der Waals surface area contributed by atoms with Gasteiger partial charge in [0.15, 0.2) is 17.4 Å². The van der Waals surface area contributed by atoms with Crippen LogP contribution in [-0.4, -0.2) is 47.7 Å². The second-order valence-corrected chi connectivity index (χ2v) is 3.53. The van der Waals surface area contributed by atoms with Crippen molar-refractivity contribution >= 4 is 27.5 Å². The van der Waals surface area contributed by atoms with Crippen molar-refractivity contribution in [2.45, 2.75) is 17.4 Å². The molecule has 0 spiro atoms. The first-order chi connectivity index (χ1) is 5.75. The molecule has 0 amide bonds. The summed E-state index contributed by atoms with van der Waals surface area (Å²) in [5.74, 6) is -6.85. The molecule has 0 fully saturated rings. The van der Waals surface area contributed by atoms with E-state index in [4.69, 9.17) is 4.55 Å². The molecule has 12 heteroatoms.